The summed E-state index contributed by atoms with van der Waals surface area (Å²) < 4.78 is 26.8. The van der Waals surface area contributed by atoms with Gasteiger partial charge >= 0.3 is 0 Å². The number of nitrogen functional groups attached to an aromatic ring is 1. The van der Waals surface area contributed by atoms with E-state index in [0.717, 1.165) is 12.1 Å². The average Bonchev–Trinajstić information content (AvgIpc) is 2.29. The van der Waals surface area contributed by atoms with Crippen LogP contribution in [0.5, 0.6) is 0 Å². The number of carbonyl (C=O) groups is 1. The number of benzene rings is 1. The van der Waals surface area contributed by atoms with E-state index in [9.17, 15) is 13.6 Å². The Morgan fingerprint density at radius 3 is 2.56 bits per heavy atom. The van der Waals surface area contributed by atoms with Gasteiger partial charge in [0, 0.05) is 12.6 Å². The van der Waals surface area contributed by atoms with E-state index in [2.05, 4.69) is 0 Å². The van der Waals surface area contributed by atoms with Crippen LogP contribution in [-0.2, 0) is 0 Å². The van der Waals surface area contributed by atoms with E-state index in [1.165, 1.54) is 4.90 Å². The maximum absolute atomic E-state index is 13.7. The molecule has 0 aliphatic heterocycles. The lowest BCUT2D eigenvalue weighted by Crippen LogP contribution is -2.39. The number of hydrogen-bond donors (Lipinski definition) is 2. The Hall–Kier alpha value is -1.69. The molecule has 0 bridgehead atoms. The molecule has 0 fully saturated rings. The summed E-state index contributed by atoms with van der Waals surface area (Å²) in [5.41, 5.74) is 4.44. The van der Waals surface area contributed by atoms with Gasteiger partial charge in [0.15, 0.2) is 5.82 Å². The van der Waals surface area contributed by atoms with Gasteiger partial charge in [-0.15, -0.1) is 0 Å². The van der Waals surface area contributed by atoms with E-state index in [4.69, 9.17) is 10.8 Å². The van der Waals surface area contributed by atoms with Gasteiger partial charge in [-0.2, -0.15) is 0 Å². The van der Waals surface area contributed by atoms with Crippen LogP contribution in [0.3, 0.4) is 0 Å². The first-order valence-corrected chi connectivity index (χ1v) is 5.54. The molecule has 1 aromatic carbocycles. The number of aliphatic hydroxyl groups is 1. The van der Waals surface area contributed by atoms with Gasteiger partial charge in [-0.3, -0.25) is 4.79 Å². The quantitative estimate of drug-likeness (QED) is 0.802. The minimum Gasteiger partial charge on any atom is -0.396 e. The summed E-state index contributed by atoms with van der Waals surface area (Å²) in [7, 11) is 0. The number of nitrogens with zero attached hydrogens (tertiary/aromatic N) is 1. The molecule has 18 heavy (non-hydrogen) atoms. The van der Waals surface area contributed by atoms with Gasteiger partial charge in [0.2, 0.25) is 0 Å². The van der Waals surface area contributed by atoms with E-state index < -0.39 is 28.8 Å². The van der Waals surface area contributed by atoms with E-state index >= 15 is 0 Å². The maximum Gasteiger partial charge on any atom is 0.257 e. The number of carbonyl (C=O) groups excluding carboxylic acids is 1. The third kappa shape index (κ3) is 2.95. The Morgan fingerprint density at radius 2 is 2.06 bits per heavy atom. The number of halogens is 2. The predicted octanol–water partition coefficient (Wildman–Crippen LogP) is 1.39. The van der Waals surface area contributed by atoms with Crippen LogP contribution in [0.15, 0.2) is 12.1 Å². The Bertz CT molecular complexity index is 450. The monoisotopic (exact) mass is 258 g/mol. The number of rotatable bonds is 4. The molecule has 0 saturated carbocycles. The minimum absolute atomic E-state index is 0.0480. The van der Waals surface area contributed by atoms with E-state index in [1.807, 2.05) is 0 Å². The fraction of sp³-hybridized carbons (Fsp3) is 0.417. The van der Waals surface area contributed by atoms with Crippen molar-refractivity contribution < 1.29 is 18.7 Å². The fourth-order valence-electron chi connectivity index (χ4n) is 1.62. The summed E-state index contributed by atoms with van der Waals surface area (Å²) in [4.78, 5) is 13.3. The average molecular weight is 258 g/mol. The molecule has 0 atom stereocenters. The molecule has 4 nitrogen and oxygen atoms in total. The standard InChI is InChI=1S/C12H16F2N2O2/c1-7(2)16(3-4-17)12(18)9-5-8(13)6-10(15)11(9)14/h5-7,17H,3-4,15H2,1-2H3. The molecule has 0 aliphatic rings. The first-order chi connectivity index (χ1) is 8.38. The van der Waals surface area contributed by atoms with Crippen molar-refractivity contribution in [2.45, 2.75) is 19.9 Å². The molecule has 0 saturated heterocycles. The molecule has 0 aromatic heterocycles. The largest absolute Gasteiger partial charge is 0.396 e. The summed E-state index contributed by atoms with van der Waals surface area (Å²) in [6.45, 7) is 3.23. The van der Waals surface area contributed by atoms with Crippen LogP contribution >= 0.6 is 0 Å². The van der Waals surface area contributed by atoms with Crippen molar-refractivity contribution in [3.63, 3.8) is 0 Å². The molecular weight excluding hydrogens is 242 g/mol. The van der Waals surface area contributed by atoms with Gasteiger partial charge < -0.3 is 15.7 Å². The summed E-state index contributed by atoms with van der Waals surface area (Å²) in [5, 5.41) is 8.87. The Morgan fingerprint density at radius 1 is 1.44 bits per heavy atom. The molecule has 6 heteroatoms. The summed E-state index contributed by atoms with van der Waals surface area (Å²) in [6.07, 6.45) is 0. The SMILES string of the molecule is CC(C)N(CCO)C(=O)c1cc(F)cc(N)c1F. The Labute approximate surface area is 104 Å². The lowest BCUT2D eigenvalue weighted by Gasteiger charge is -2.26. The van der Waals surface area contributed by atoms with Gasteiger partial charge in [-0.25, -0.2) is 8.78 Å². The van der Waals surface area contributed by atoms with E-state index in [1.54, 1.807) is 13.8 Å². The summed E-state index contributed by atoms with van der Waals surface area (Å²) in [6, 6.07) is 1.38. The molecule has 3 N–H and O–H groups in total. The molecule has 1 amide bonds. The third-order valence-electron chi connectivity index (χ3n) is 2.52. The predicted molar refractivity (Wildman–Crippen MR) is 64.0 cm³/mol. The second-order valence-corrected chi connectivity index (χ2v) is 4.17. The van der Waals surface area contributed by atoms with Crippen molar-refractivity contribution >= 4 is 11.6 Å². The molecular formula is C12H16F2N2O2. The van der Waals surface area contributed by atoms with Crippen molar-refractivity contribution in [2.24, 2.45) is 0 Å². The van der Waals surface area contributed by atoms with Crippen molar-refractivity contribution in [3.05, 3.63) is 29.3 Å². The number of aliphatic hydroxyl groups excluding tert-OH is 1. The highest BCUT2D eigenvalue weighted by molar-refractivity contribution is 5.95. The van der Waals surface area contributed by atoms with Gasteiger partial charge in [-0.1, -0.05) is 0 Å². The van der Waals surface area contributed by atoms with Crippen molar-refractivity contribution in [3.8, 4) is 0 Å². The lowest BCUT2D eigenvalue weighted by molar-refractivity contribution is 0.0660. The van der Waals surface area contributed by atoms with Gasteiger partial charge in [0.25, 0.3) is 5.91 Å². The molecule has 100 valence electrons. The van der Waals surface area contributed by atoms with Crippen LogP contribution in [0.4, 0.5) is 14.5 Å². The van der Waals surface area contributed by atoms with Crippen molar-refractivity contribution in [1.29, 1.82) is 0 Å². The van der Waals surface area contributed by atoms with E-state index in [0.29, 0.717) is 0 Å². The van der Waals surface area contributed by atoms with Gasteiger partial charge in [0.1, 0.15) is 5.82 Å². The zero-order valence-electron chi connectivity index (χ0n) is 10.3. The van der Waals surface area contributed by atoms with Gasteiger partial charge in [-0.05, 0) is 26.0 Å². The van der Waals surface area contributed by atoms with Crippen LogP contribution < -0.4 is 5.73 Å². The van der Waals surface area contributed by atoms with Crippen LogP contribution in [0.2, 0.25) is 0 Å². The number of amides is 1. The van der Waals surface area contributed by atoms with Crippen LogP contribution in [0.25, 0.3) is 0 Å². The number of hydrogen-bond acceptors (Lipinski definition) is 3. The maximum atomic E-state index is 13.7. The number of anilines is 1. The Balaban J connectivity index is 3.16. The minimum atomic E-state index is -0.940. The molecule has 0 radical (unpaired) electrons. The topological polar surface area (TPSA) is 66.6 Å². The molecule has 0 unspecified atom stereocenters. The molecule has 0 aliphatic carbocycles. The highest BCUT2D eigenvalue weighted by Gasteiger charge is 2.23. The smallest absolute Gasteiger partial charge is 0.257 e. The Kier molecular flexibility index (Phi) is 4.61. The zero-order chi connectivity index (χ0) is 13.9. The van der Waals surface area contributed by atoms with Crippen molar-refractivity contribution in [2.75, 3.05) is 18.9 Å². The van der Waals surface area contributed by atoms with Crippen LogP contribution in [0, 0.1) is 11.6 Å². The third-order valence-corrected chi connectivity index (χ3v) is 2.52. The first-order valence-electron chi connectivity index (χ1n) is 5.54. The normalized spacial score (nSPS) is 10.8. The number of nitrogens with two attached hydrogens (primary N) is 1. The summed E-state index contributed by atoms with van der Waals surface area (Å²) in [5.74, 6) is -2.40. The molecule has 1 aromatic rings. The molecule has 0 spiro atoms. The molecule has 1 rings (SSSR count). The highest BCUT2D eigenvalue weighted by Crippen LogP contribution is 2.19. The summed E-state index contributed by atoms with van der Waals surface area (Å²) >= 11 is 0. The zero-order valence-corrected chi connectivity index (χ0v) is 10.3. The van der Waals surface area contributed by atoms with Crippen molar-refractivity contribution in [1.82, 2.24) is 4.90 Å². The molecule has 0 heterocycles. The van der Waals surface area contributed by atoms with E-state index in [-0.39, 0.29) is 19.2 Å². The van der Waals surface area contributed by atoms with Crippen LogP contribution in [-0.4, -0.2) is 35.1 Å². The van der Waals surface area contributed by atoms with Crippen LogP contribution in [0.1, 0.15) is 24.2 Å². The second kappa shape index (κ2) is 5.77. The fourth-order valence-corrected chi connectivity index (χ4v) is 1.62. The lowest BCUT2D eigenvalue weighted by atomic mass is 10.1. The van der Waals surface area contributed by atoms with Gasteiger partial charge in [0.05, 0.1) is 17.9 Å². The second-order valence-electron chi connectivity index (χ2n) is 4.17. The first kappa shape index (κ1) is 14.4. The highest BCUT2D eigenvalue weighted by atomic mass is 19.1.